The summed E-state index contributed by atoms with van der Waals surface area (Å²) in [5.74, 6) is -0.0837. The second-order valence-electron chi connectivity index (χ2n) is 10.5. The molecule has 9 nitrogen and oxygen atoms in total. The predicted octanol–water partition coefficient (Wildman–Crippen LogP) is 5.42. The second kappa shape index (κ2) is 14.6. The summed E-state index contributed by atoms with van der Waals surface area (Å²) in [6, 6.07) is 18.7. The molecule has 0 spiro atoms. The molecule has 0 unspecified atom stereocenters. The number of methoxy groups -OCH3 is 2. The molecule has 1 atom stereocenters. The predicted molar refractivity (Wildman–Crippen MR) is 167 cm³/mol. The molecule has 4 rings (SSSR count). The van der Waals surface area contributed by atoms with Crippen LogP contribution in [0.2, 0.25) is 5.02 Å². The first-order valence-corrected chi connectivity index (χ1v) is 16.1. The molecule has 1 aliphatic carbocycles. The SMILES string of the molecule is COc1ccc(S(=O)(=O)N(CC(=O)N(Cc2cccc(Cl)c2)[C@@H](C)C(=O)NC2CCCCC2)c2ccccc2OC)cc1. The lowest BCUT2D eigenvalue weighted by Gasteiger charge is -2.33. The first-order chi connectivity index (χ1) is 20.6. The molecule has 1 saturated carbocycles. The number of benzene rings is 3. The van der Waals surface area contributed by atoms with Crippen LogP contribution in [0.4, 0.5) is 5.69 Å². The van der Waals surface area contributed by atoms with E-state index in [4.69, 9.17) is 21.1 Å². The quantitative estimate of drug-likeness (QED) is 0.288. The van der Waals surface area contributed by atoms with Crippen molar-refractivity contribution in [1.29, 1.82) is 0 Å². The summed E-state index contributed by atoms with van der Waals surface area (Å²) in [6.45, 7) is 1.14. The van der Waals surface area contributed by atoms with Gasteiger partial charge in [0.1, 0.15) is 24.1 Å². The number of hydrogen-bond donors (Lipinski definition) is 1. The lowest BCUT2D eigenvalue weighted by Crippen LogP contribution is -2.53. The van der Waals surface area contributed by atoms with E-state index >= 15 is 0 Å². The third kappa shape index (κ3) is 8.00. The Morgan fingerprint density at radius 1 is 0.953 bits per heavy atom. The summed E-state index contributed by atoms with van der Waals surface area (Å²) in [6.07, 6.45) is 5.01. The molecular weight excluding hydrogens is 590 g/mol. The van der Waals surface area contributed by atoms with E-state index < -0.39 is 28.5 Å². The Morgan fingerprint density at radius 3 is 2.30 bits per heavy atom. The molecule has 43 heavy (non-hydrogen) atoms. The van der Waals surface area contributed by atoms with E-state index in [1.165, 1.54) is 43.4 Å². The van der Waals surface area contributed by atoms with E-state index in [-0.39, 0.29) is 34.8 Å². The number of carbonyl (C=O) groups is 2. The van der Waals surface area contributed by atoms with Gasteiger partial charge in [0, 0.05) is 17.6 Å². The molecule has 230 valence electrons. The van der Waals surface area contributed by atoms with E-state index in [9.17, 15) is 18.0 Å². The average Bonchev–Trinajstić information content (AvgIpc) is 3.02. The van der Waals surface area contributed by atoms with Crippen LogP contribution < -0.4 is 19.1 Å². The zero-order chi connectivity index (χ0) is 31.0. The van der Waals surface area contributed by atoms with Crippen LogP contribution in [0.5, 0.6) is 11.5 Å². The van der Waals surface area contributed by atoms with Crippen molar-refractivity contribution < 1.29 is 27.5 Å². The van der Waals surface area contributed by atoms with Crippen molar-refractivity contribution in [3.8, 4) is 11.5 Å². The minimum absolute atomic E-state index is 0.0310. The Balaban J connectivity index is 1.71. The van der Waals surface area contributed by atoms with Gasteiger partial charge in [-0.05, 0) is 73.9 Å². The van der Waals surface area contributed by atoms with E-state index in [1.54, 1.807) is 49.4 Å². The molecule has 0 aromatic heterocycles. The van der Waals surface area contributed by atoms with Gasteiger partial charge < -0.3 is 19.7 Å². The van der Waals surface area contributed by atoms with Crippen molar-refractivity contribution in [2.45, 2.75) is 62.6 Å². The summed E-state index contributed by atoms with van der Waals surface area (Å²) < 4.78 is 39.9. The van der Waals surface area contributed by atoms with Crippen LogP contribution in [0.25, 0.3) is 0 Å². The highest BCUT2D eigenvalue weighted by atomic mass is 35.5. The van der Waals surface area contributed by atoms with Crippen LogP contribution >= 0.6 is 11.6 Å². The van der Waals surface area contributed by atoms with Crippen molar-refractivity contribution in [2.24, 2.45) is 0 Å². The number of rotatable bonds is 12. The van der Waals surface area contributed by atoms with E-state index in [0.29, 0.717) is 16.3 Å². The van der Waals surface area contributed by atoms with Crippen molar-refractivity contribution in [1.82, 2.24) is 10.2 Å². The van der Waals surface area contributed by atoms with Gasteiger partial charge in [0.05, 0.1) is 24.8 Å². The number of carbonyl (C=O) groups excluding carboxylic acids is 2. The molecule has 0 saturated heterocycles. The Labute approximate surface area is 258 Å². The Morgan fingerprint density at radius 2 is 1.65 bits per heavy atom. The lowest BCUT2D eigenvalue weighted by molar-refractivity contribution is -0.139. The Hall–Kier alpha value is -3.76. The van der Waals surface area contributed by atoms with Gasteiger partial charge in [-0.3, -0.25) is 13.9 Å². The van der Waals surface area contributed by atoms with Gasteiger partial charge in [0.15, 0.2) is 0 Å². The number of hydrogen-bond acceptors (Lipinski definition) is 6. The molecule has 0 bridgehead atoms. The lowest BCUT2D eigenvalue weighted by atomic mass is 9.95. The molecule has 1 aliphatic rings. The second-order valence-corrected chi connectivity index (χ2v) is 12.8. The molecule has 2 amide bonds. The summed E-state index contributed by atoms with van der Waals surface area (Å²) in [7, 11) is -1.34. The van der Waals surface area contributed by atoms with Crippen LogP contribution in [0.1, 0.15) is 44.6 Å². The van der Waals surface area contributed by atoms with Crippen molar-refractivity contribution in [3.63, 3.8) is 0 Å². The number of sulfonamides is 1. The maximum absolute atomic E-state index is 14.2. The van der Waals surface area contributed by atoms with Gasteiger partial charge in [0.25, 0.3) is 10.0 Å². The van der Waals surface area contributed by atoms with E-state index in [2.05, 4.69) is 5.32 Å². The van der Waals surface area contributed by atoms with Gasteiger partial charge in [-0.1, -0.05) is 55.1 Å². The summed E-state index contributed by atoms with van der Waals surface area (Å²) in [4.78, 5) is 29.0. The fourth-order valence-corrected chi connectivity index (χ4v) is 6.84. The smallest absolute Gasteiger partial charge is 0.264 e. The molecular formula is C32H38ClN3O6S. The summed E-state index contributed by atoms with van der Waals surface area (Å²) in [5.41, 5.74) is 0.899. The normalized spacial score (nSPS) is 14.4. The Kier molecular flexibility index (Phi) is 10.9. The van der Waals surface area contributed by atoms with Gasteiger partial charge in [-0.25, -0.2) is 8.42 Å². The number of amides is 2. The molecule has 3 aromatic carbocycles. The molecule has 3 aromatic rings. The number of ether oxygens (including phenoxy) is 2. The molecule has 11 heteroatoms. The first-order valence-electron chi connectivity index (χ1n) is 14.3. The van der Waals surface area contributed by atoms with Crippen LogP contribution in [-0.4, -0.2) is 58.0 Å². The fourth-order valence-electron chi connectivity index (χ4n) is 5.21. The number of nitrogens with one attached hydrogen (secondary N) is 1. The van der Waals surface area contributed by atoms with Gasteiger partial charge in [-0.15, -0.1) is 0 Å². The monoisotopic (exact) mass is 627 g/mol. The maximum Gasteiger partial charge on any atom is 0.264 e. The molecule has 0 aliphatic heterocycles. The fraction of sp³-hybridized carbons (Fsp3) is 0.375. The molecule has 0 radical (unpaired) electrons. The number of anilines is 1. The highest BCUT2D eigenvalue weighted by Gasteiger charge is 2.34. The van der Waals surface area contributed by atoms with E-state index in [0.717, 1.165) is 36.4 Å². The summed E-state index contributed by atoms with van der Waals surface area (Å²) in [5, 5.41) is 3.59. The van der Waals surface area contributed by atoms with Gasteiger partial charge in [0.2, 0.25) is 11.8 Å². The van der Waals surface area contributed by atoms with Crippen LogP contribution in [-0.2, 0) is 26.2 Å². The standard InChI is InChI=1S/C32H38ClN3O6S/c1-23(32(38)34-26-12-5-4-6-13-26)35(21-24-10-9-11-25(33)20-24)31(37)22-36(29-14-7-8-15-30(29)42-3)43(39,40)28-18-16-27(41-2)17-19-28/h7-11,14-20,23,26H,4-6,12-13,21-22H2,1-3H3,(H,34,38)/t23-/m0/s1. The molecule has 1 fully saturated rings. The number of nitrogens with zero attached hydrogens (tertiary/aromatic N) is 2. The van der Waals surface area contributed by atoms with Crippen LogP contribution in [0.15, 0.2) is 77.7 Å². The largest absolute Gasteiger partial charge is 0.497 e. The Bertz CT molecular complexity index is 1510. The van der Waals surface area contributed by atoms with Gasteiger partial charge in [-0.2, -0.15) is 0 Å². The molecule has 0 heterocycles. The maximum atomic E-state index is 14.2. The van der Waals surface area contributed by atoms with Crippen molar-refractivity contribution in [3.05, 3.63) is 83.4 Å². The van der Waals surface area contributed by atoms with Crippen molar-refractivity contribution >= 4 is 39.1 Å². The van der Waals surface area contributed by atoms with Gasteiger partial charge >= 0.3 is 0 Å². The van der Waals surface area contributed by atoms with Crippen LogP contribution in [0.3, 0.4) is 0 Å². The minimum Gasteiger partial charge on any atom is -0.497 e. The third-order valence-electron chi connectivity index (χ3n) is 7.64. The van der Waals surface area contributed by atoms with E-state index in [1.807, 2.05) is 6.07 Å². The number of halogens is 1. The van der Waals surface area contributed by atoms with Crippen LogP contribution in [0, 0.1) is 0 Å². The molecule has 1 N–H and O–H groups in total. The highest BCUT2D eigenvalue weighted by molar-refractivity contribution is 7.92. The topological polar surface area (TPSA) is 105 Å². The minimum atomic E-state index is -4.26. The number of para-hydroxylation sites is 2. The first kappa shape index (κ1) is 32.2. The third-order valence-corrected chi connectivity index (χ3v) is 9.65. The average molecular weight is 628 g/mol. The zero-order valence-corrected chi connectivity index (χ0v) is 26.2. The van der Waals surface area contributed by atoms with Crippen molar-refractivity contribution in [2.75, 3.05) is 25.1 Å². The zero-order valence-electron chi connectivity index (χ0n) is 24.7. The highest BCUT2D eigenvalue weighted by Crippen LogP contribution is 2.33. The summed E-state index contributed by atoms with van der Waals surface area (Å²) >= 11 is 6.23.